The summed E-state index contributed by atoms with van der Waals surface area (Å²) >= 11 is 0. The van der Waals surface area contributed by atoms with Gasteiger partial charge in [-0.05, 0) is 12.8 Å². The van der Waals surface area contributed by atoms with Crippen molar-refractivity contribution in [3.63, 3.8) is 0 Å². The fourth-order valence-electron chi connectivity index (χ4n) is 0.691. The van der Waals surface area contributed by atoms with Gasteiger partial charge in [0.2, 0.25) is 0 Å². The molecule has 0 amide bonds. The van der Waals surface area contributed by atoms with E-state index < -0.39 is 0 Å². The molecule has 1 atom stereocenters. The van der Waals surface area contributed by atoms with Crippen molar-refractivity contribution < 1.29 is 4.79 Å². The van der Waals surface area contributed by atoms with Crippen molar-refractivity contribution in [2.24, 2.45) is 5.92 Å². The quantitative estimate of drug-likeness (QED) is 0.488. The Balaban J connectivity index is 4.34. The van der Waals surface area contributed by atoms with Crippen LogP contribution < -0.4 is 0 Å². The minimum Gasteiger partial charge on any atom is -0.308 e. The first-order valence-electron chi connectivity index (χ1n) is 3.85. The molecule has 2 nitrogen and oxygen atoms in total. The molecule has 0 saturated heterocycles. The Hall–Kier alpha value is -0.920. The van der Waals surface area contributed by atoms with Gasteiger partial charge in [0, 0.05) is 11.8 Å². The molecule has 2 heteroatoms. The van der Waals surface area contributed by atoms with Gasteiger partial charge in [0.25, 0.3) is 0 Å². The van der Waals surface area contributed by atoms with E-state index in [0.717, 1.165) is 12.6 Å². The molecule has 0 aliphatic heterocycles. The Morgan fingerprint density at radius 2 is 2.18 bits per heavy atom. The largest absolute Gasteiger partial charge is 0.308 e. The Morgan fingerprint density at radius 3 is 2.45 bits per heavy atom. The van der Waals surface area contributed by atoms with Crippen LogP contribution in [-0.4, -0.2) is 12.0 Å². The van der Waals surface area contributed by atoms with Crippen molar-refractivity contribution in [3.8, 4) is 0 Å². The molecule has 0 rings (SSSR count). The van der Waals surface area contributed by atoms with Gasteiger partial charge in [-0.2, -0.15) is 0 Å². The van der Waals surface area contributed by atoms with Crippen LogP contribution in [-0.2, 0) is 4.79 Å². The Kier molecular flexibility index (Phi) is 4.42. The third kappa shape index (κ3) is 3.71. The maximum absolute atomic E-state index is 10.8. The SMILES string of the molecule is CCC(C)/C=C(\C=N)C(C)=O. The van der Waals surface area contributed by atoms with Gasteiger partial charge in [-0.15, -0.1) is 0 Å². The van der Waals surface area contributed by atoms with E-state index in [1.165, 1.54) is 6.92 Å². The predicted molar refractivity (Wildman–Crippen MR) is 47.0 cm³/mol. The van der Waals surface area contributed by atoms with Gasteiger partial charge in [-0.3, -0.25) is 4.79 Å². The number of allylic oxidation sites excluding steroid dienone is 2. The zero-order chi connectivity index (χ0) is 8.85. The Labute approximate surface area is 67.8 Å². The Bertz CT molecular complexity index is 182. The van der Waals surface area contributed by atoms with Gasteiger partial charge in [0.15, 0.2) is 5.78 Å². The maximum atomic E-state index is 10.8. The molecule has 0 saturated carbocycles. The normalized spacial score (nSPS) is 14.3. The number of hydrogen-bond acceptors (Lipinski definition) is 2. The number of Topliss-reactive ketones (excluding diaryl/α,β-unsaturated/α-hetero) is 1. The molecule has 0 aromatic carbocycles. The van der Waals surface area contributed by atoms with Gasteiger partial charge < -0.3 is 5.41 Å². The summed E-state index contributed by atoms with van der Waals surface area (Å²) in [7, 11) is 0. The summed E-state index contributed by atoms with van der Waals surface area (Å²) < 4.78 is 0. The van der Waals surface area contributed by atoms with Crippen LogP contribution in [0.3, 0.4) is 0 Å². The number of ketones is 1. The van der Waals surface area contributed by atoms with E-state index in [9.17, 15) is 4.79 Å². The molecule has 0 bridgehead atoms. The zero-order valence-electron chi connectivity index (χ0n) is 7.35. The topological polar surface area (TPSA) is 40.9 Å². The first kappa shape index (κ1) is 10.1. The van der Waals surface area contributed by atoms with Gasteiger partial charge in [-0.1, -0.05) is 26.3 Å². The molecule has 0 heterocycles. The van der Waals surface area contributed by atoms with E-state index in [2.05, 4.69) is 6.92 Å². The molecular formula is C9H15NO. The number of carbonyl (C=O) groups excluding carboxylic acids is 1. The molecule has 1 N–H and O–H groups in total. The standard InChI is InChI=1S/C9H15NO/c1-4-7(2)5-9(6-10)8(3)11/h5-7,10H,4H2,1-3H3/b9-5+,10-6?. The van der Waals surface area contributed by atoms with E-state index in [4.69, 9.17) is 5.41 Å². The molecular weight excluding hydrogens is 138 g/mol. The van der Waals surface area contributed by atoms with Crippen molar-refractivity contribution in [2.45, 2.75) is 27.2 Å². The van der Waals surface area contributed by atoms with Crippen molar-refractivity contribution >= 4 is 12.0 Å². The van der Waals surface area contributed by atoms with Crippen LogP contribution in [0.15, 0.2) is 11.6 Å². The fraction of sp³-hybridized carbons (Fsp3) is 0.556. The summed E-state index contributed by atoms with van der Waals surface area (Å²) in [5, 5.41) is 6.94. The lowest BCUT2D eigenvalue weighted by atomic mass is 10.0. The molecule has 0 aliphatic carbocycles. The monoisotopic (exact) mass is 153 g/mol. The average Bonchev–Trinajstić information content (AvgIpc) is 1.99. The van der Waals surface area contributed by atoms with Crippen molar-refractivity contribution in [1.29, 1.82) is 5.41 Å². The summed E-state index contributed by atoms with van der Waals surface area (Å²) in [4.78, 5) is 10.8. The van der Waals surface area contributed by atoms with E-state index in [1.807, 2.05) is 13.0 Å². The minimum atomic E-state index is -0.0275. The third-order valence-electron chi connectivity index (χ3n) is 1.67. The second kappa shape index (κ2) is 4.83. The maximum Gasteiger partial charge on any atom is 0.161 e. The highest BCUT2D eigenvalue weighted by Crippen LogP contribution is 2.05. The summed E-state index contributed by atoms with van der Waals surface area (Å²) in [5.41, 5.74) is 0.513. The van der Waals surface area contributed by atoms with Crippen molar-refractivity contribution in [3.05, 3.63) is 11.6 Å². The van der Waals surface area contributed by atoms with Crippen molar-refractivity contribution in [1.82, 2.24) is 0 Å². The zero-order valence-corrected chi connectivity index (χ0v) is 7.35. The second-order valence-corrected chi connectivity index (χ2v) is 2.71. The van der Waals surface area contributed by atoms with Crippen LogP contribution in [0.2, 0.25) is 0 Å². The number of carbonyl (C=O) groups is 1. The van der Waals surface area contributed by atoms with Crippen LogP contribution in [0, 0.1) is 11.3 Å². The second-order valence-electron chi connectivity index (χ2n) is 2.71. The fourth-order valence-corrected chi connectivity index (χ4v) is 0.691. The molecule has 0 aromatic rings. The van der Waals surface area contributed by atoms with Crippen LogP contribution in [0.1, 0.15) is 27.2 Å². The van der Waals surface area contributed by atoms with E-state index >= 15 is 0 Å². The average molecular weight is 153 g/mol. The van der Waals surface area contributed by atoms with Crippen LogP contribution >= 0.6 is 0 Å². The highest BCUT2D eigenvalue weighted by molar-refractivity contribution is 6.11. The third-order valence-corrected chi connectivity index (χ3v) is 1.67. The van der Waals surface area contributed by atoms with E-state index in [1.54, 1.807) is 0 Å². The number of hydrogen-bond donors (Lipinski definition) is 1. The van der Waals surface area contributed by atoms with Crippen LogP contribution in [0.4, 0.5) is 0 Å². The number of nitrogens with one attached hydrogen (secondary N) is 1. The minimum absolute atomic E-state index is 0.0275. The lowest BCUT2D eigenvalue weighted by Crippen LogP contribution is -2.00. The number of rotatable bonds is 4. The van der Waals surface area contributed by atoms with Gasteiger partial charge in [-0.25, -0.2) is 0 Å². The molecule has 11 heavy (non-hydrogen) atoms. The molecule has 0 aliphatic rings. The summed E-state index contributed by atoms with van der Waals surface area (Å²) in [6.07, 6.45) is 3.97. The summed E-state index contributed by atoms with van der Waals surface area (Å²) in [6, 6.07) is 0. The molecule has 0 aromatic heterocycles. The summed E-state index contributed by atoms with van der Waals surface area (Å²) in [5.74, 6) is 0.357. The highest BCUT2D eigenvalue weighted by atomic mass is 16.1. The van der Waals surface area contributed by atoms with E-state index in [-0.39, 0.29) is 5.78 Å². The Morgan fingerprint density at radius 1 is 1.64 bits per heavy atom. The van der Waals surface area contributed by atoms with Gasteiger partial charge >= 0.3 is 0 Å². The van der Waals surface area contributed by atoms with Crippen molar-refractivity contribution in [2.75, 3.05) is 0 Å². The lowest BCUT2D eigenvalue weighted by molar-refractivity contribution is -0.113. The molecule has 62 valence electrons. The van der Waals surface area contributed by atoms with Gasteiger partial charge in [0.05, 0.1) is 0 Å². The smallest absolute Gasteiger partial charge is 0.161 e. The molecule has 0 spiro atoms. The molecule has 0 radical (unpaired) electrons. The lowest BCUT2D eigenvalue weighted by Gasteiger charge is -2.01. The van der Waals surface area contributed by atoms with E-state index in [0.29, 0.717) is 11.5 Å². The first-order chi connectivity index (χ1) is 5.11. The highest BCUT2D eigenvalue weighted by Gasteiger charge is 2.01. The van der Waals surface area contributed by atoms with Crippen LogP contribution in [0.25, 0.3) is 0 Å². The molecule has 1 unspecified atom stereocenters. The predicted octanol–water partition coefficient (Wildman–Crippen LogP) is 2.20. The molecule has 0 fully saturated rings. The van der Waals surface area contributed by atoms with Gasteiger partial charge in [0.1, 0.15) is 0 Å². The summed E-state index contributed by atoms with van der Waals surface area (Å²) in [6.45, 7) is 5.58. The van der Waals surface area contributed by atoms with Crippen LogP contribution in [0.5, 0.6) is 0 Å². The first-order valence-corrected chi connectivity index (χ1v) is 3.85.